The number of hydrogen-bond acceptors (Lipinski definition) is 1. The highest BCUT2D eigenvalue weighted by molar-refractivity contribution is 4.88. The zero-order chi connectivity index (χ0) is 11.1. The minimum atomic E-state index is 0.653. The lowest BCUT2D eigenvalue weighted by Crippen LogP contribution is -2.23. The van der Waals surface area contributed by atoms with Gasteiger partial charge in [-0.15, -0.1) is 0 Å². The van der Waals surface area contributed by atoms with Gasteiger partial charge in [-0.25, -0.2) is 0 Å². The molecule has 0 amide bonds. The molecule has 1 aliphatic carbocycles. The molecule has 0 spiro atoms. The van der Waals surface area contributed by atoms with E-state index >= 15 is 0 Å². The third kappa shape index (κ3) is 4.55. The second-order valence-corrected chi connectivity index (χ2v) is 5.70. The van der Waals surface area contributed by atoms with E-state index in [9.17, 15) is 0 Å². The molecule has 1 rings (SSSR count). The van der Waals surface area contributed by atoms with Crippen molar-refractivity contribution in [3.63, 3.8) is 0 Å². The van der Waals surface area contributed by atoms with Crippen molar-refractivity contribution < 1.29 is 0 Å². The van der Waals surface area contributed by atoms with Crippen LogP contribution in [0.3, 0.4) is 0 Å². The van der Waals surface area contributed by atoms with E-state index in [1.165, 1.54) is 57.8 Å². The van der Waals surface area contributed by atoms with Crippen molar-refractivity contribution in [1.82, 2.24) is 5.32 Å². The first kappa shape index (κ1) is 13.0. The Hall–Kier alpha value is -0.0400. The Morgan fingerprint density at radius 3 is 2.53 bits per heavy atom. The Balaban J connectivity index is 2.10. The van der Waals surface area contributed by atoms with Crippen LogP contribution in [0.2, 0.25) is 0 Å². The summed E-state index contributed by atoms with van der Waals surface area (Å²) in [5, 5.41) is 3.43. The average Bonchev–Trinajstić information content (AvgIpc) is 2.61. The van der Waals surface area contributed by atoms with Gasteiger partial charge in [0.1, 0.15) is 0 Å². The Bertz CT molecular complexity index is 167. The molecule has 1 N–H and O–H groups in total. The summed E-state index contributed by atoms with van der Waals surface area (Å²) in [6.45, 7) is 4.78. The zero-order valence-corrected chi connectivity index (χ0v) is 10.9. The highest BCUT2D eigenvalue weighted by Crippen LogP contribution is 2.41. The molecule has 1 aliphatic rings. The lowest BCUT2D eigenvalue weighted by Gasteiger charge is -2.24. The van der Waals surface area contributed by atoms with Crippen LogP contribution in [0.15, 0.2) is 0 Å². The first-order valence-corrected chi connectivity index (χ1v) is 6.87. The summed E-state index contributed by atoms with van der Waals surface area (Å²) >= 11 is 0. The Kier molecular flexibility index (Phi) is 5.66. The van der Waals surface area contributed by atoms with E-state index in [1.807, 2.05) is 0 Å². The van der Waals surface area contributed by atoms with E-state index in [-0.39, 0.29) is 0 Å². The van der Waals surface area contributed by atoms with Gasteiger partial charge in [0.2, 0.25) is 0 Å². The molecule has 0 saturated heterocycles. The second kappa shape index (κ2) is 6.52. The van der Waals surface area contributed by atoms with Crippen LogP contribution >= 0.6 is 0 Å². The molecule has 2 atom stereocenters. The lowest BCUT2D eigenvalue weighted by molar-refractivity contribution is 0.287. The van der Waals surface area contributed by atoms with E-state index in [2.05, 4.69) is 26.2 Å². The van der Waals surface area contributed by atoms with Crippen LogP contribution in [0.4, 0.5) is 0 Å². The van der Waals surface area contributed by atoms with Gasteiger partial charge >= 0.3 is 0 Å². The summed E-state index contributed by atoms with van der Waals surface area (Å²) < 4.78 is 0. The Morgan fingerprint density at radius 1 is 1.20 bits per heavy atom. The number of nitrogens with one attached hydrogen (secondary N) is 1. The number of rotatable bonds is 7. The molecule has 0 aromatic heterocycles. The van der Waals surface area contributed by atoms with Gasteiger partial charge in [-0.1, -0.05) is 46.0 Å². The van der Waals surface area contributed by atoms with Crippen LogP contribution in [-0.4, -0.2) is 13.1 Å². The van der Waals surface area contributed by atoms with E-state index in [4.69, 9.17) is 0 Å². The fourth-order valence-corrected chi connectivity index (χ4v) is 2.95. The normalized spacial score (nSPS) is 31.0. The van der Waals surface area contributed by atoms with Gasteiger partial charge in [0.15, 0.2) is 0 Å². The van der Waals surface area contributed by atoms with Crippen LogP contribution in [0.25, 0.3) is 0 Å². The zero-order valence-electron chi connectivity index (χ0n) is 10.9. The van der Waals surface area contributed by atoms with Gasteiger partial charge in [0.25, 0.3) is 0 Å². The van der Waals surface area contributed by atoms with Crippen LogP contribution in [0.5, 0.6) is 0 Å². The van der Waals surface area contributed by atoms with Crippen molar-refractivity contribution in [2.75, 3.05) is 7.05 Å². The molecule has 15 heavy (non-hydrogen) atoms. The van der Waals surface area contributed by atoms with Crippen LogP contribution in [0, 0.1) is 5.41 Å². The van der Waals surface area contributed by atoms with Crippen molar-refractivity contribution in [1.29, 1.82) is 0 Å². The largest absolute Gasteiger partial charge is 0.317 e. The fraction of sp³-hybridized carbons (Fsp3) is 1.00. The average molecular weight is 211 g/mol. The van der Waals surface area contributed by atoms with Gasteiger partial charge in [0.05, 0.1) is 0 Å². The summed E-state index contributed by atoms with van der Waals surface area (Å²) in [5.41, 5.74) is 0.653. The third-order valence-corrected chi connectivity index (χ3v) is 4.13. The maximum Gasteiger partial charge on any atom is 0.00694 e. The topological polar surface area (TPSA) is 12.0 Å². The molecule has 0 aliphatic heterocycles. The fourth-order valence-electron chi connectivity index (χ4n) is 2.95. The van der Waals surface area contributed by atoms with Crippen LogP contribution in [0.1, 0.15) is 71.6 Å². The van der Waals surface area contributed by atoms with E-state index in [1.54, 1.807) is 0 Å². The first-order chi connectivity index (χ1) is 7.20. The molecular formula is C14H29N. The van der Waals surface area contributed by atoms with Gasteiger partial charge in [-0.2, -0.15) is 0 Å². The van der Waals surface area contributed by atoms with E-state index in [0.717, 1.165) is 6.04 Å². The van der Waals surface area contributed by atoms with Crippen molar-refractivity contribution in [2.24, 2.45) is 5.41 Å². The minimum Gasteiger partial charge on any atom is -0.317 e. The lowest BCUT2D eigenvalue weighted by atomic mass is 9.83. The molecule has 0 bridgehead atoms. The van der Waals surface area contributed by atoms with Crippen molar-refractivity contribution in [3.8, 4) is 0 Å². The molecular weight excluding hydrogens is 182 g/mol. The SMILES string of the molecule is CCCCCCCC1(C)CCC(NC)C1. The Labute approximate surface area is 96.0 Å². The number of hydrogen-bond donors (Lipinski definition) is 1. The molecule has 90 valence electrons. The van der Waals surface area contributed by atoms with Gasteiger partial charge in [-0.3, -0.25) is 0 Å². The van der Waals surface area contributed by atoms with Crippen molar-refractivity contribution in [3.05, 3.63) is 0 Å². The molecule has 0 radical (unpaired) electrons. The molecule has 1 nitrogen and oxygen atoms in total. The molecule has 0 aromatic rings. The summed E-state index contributed by atoms with van der Waals surface area (Å²) in [6, 6.07) is 0.797. The standard InChI is InChI=1S/C14H29N/c1-4-5-6-7-8-10-14(2)11-9-13(12-14)15-3/h13,15H,4-12H2,1-3H3. The summed E-state index contributed by atoms with van der Waals surface area (Å²) in [4.78, 5) is 0. The van der Waals surface area contributed by atoms with Crippen LogP contribution in [-0.2, 0) is 0 Å². The second-order valence-electron chi connectivity index (χ2n) is 5.70. The minimum absolute atomic E-state index is 0.653. The highest BCUT2D eigenvalue weighted by Gasteiger charge is 2.33. The van der Waals surface area contributed by atoms with Gasteiger partial charge in [0, 0.05) is 6.04 Å². The smallest absolute Gasteiger partial charge is 0.00694 e. The predicted molar refractivity (Wildman–Crippen MR) is 68.2 cm³/mol. The Morgan fingerprint density at radius 2 is 1.93 bits per heavy atom. The van der Waals surface area contributed by atoms with Crippen LogP contribution < -0.4 is 5.32 Å². The van der Waals surface area contributed by atoms with Crippen molar-refractivity contribution >= 4 is 0 Å². The molecule has 2 unspecified atom stereocenters. The quantitative estimate of drug-likeness (QED) is 0.624. The first-order valence-electron chi connectivity index (χ1n) is 6.87. The maximum atomic E-state index is 3.43. The van der Waals surface area contributed by atoms with E-state index in [0.29, 0.717) is 5.41 Å². The molecule has 1 fully saturated rings. The third-order valence-electron chi connectivity index (χ3n) is 4.13. The monoisotopic (exact) mass is 211 g/mol. The van der Waals surface area contributed by atoms with Crippen molar-refractivity contribution in [2.45, 2.75) is 77.7 Å². The summed E-state index contributed by atoms with van der Waals surface area (Å²) in [6.07, 6.45) is 12.8. The number of unbranched alkanes of at least 4 members (excludes halogenated alkanes) is 4. The summed E-state index contributed by atoms with van der Waals surface area (Å²) in [7, 11) is 2.11. The maximum absolute atomic E-state index is 3.43. The molecule has 1 heteroatoms. The van der Waals surface area contributed by atoms with E-state index < -0.39 is 0 Å². The van der Waals surface area contributed by atoms with Gasteiger partial charge in [-0.05, 0) is 38.1 Å². The highest BCUT2D eigenvalue weighted by atomic mass is 14.9. The molecule has 0 aromatic carbocycles. The predicted octanol–water partition coefficient (Wildman–Crippen LogP) is 4.13. The van der Waals surface area contributed by atoms with Gasteiger partial charge < -0.3 is 5.32 Å². The molecule has 0 heterocycles. The summed E-state index contributed by atoms with van der Waals surface area (Å²) in [5.74, 6) is 0. The molecule has 1 saturated carbocycles.